The van der Waals surface area contributed by atoms with Crippen LogP contribution in [0.5, 0.6) is 11.5 Å². The van der Waals surface area contributed by atoms with E-state index < -0.39 is 16.0 Å². The molecule has 0 aliphatic carbocycles. The molecule has 3 rings (SSSR count). The van der Waals surface area contributed by atoms with Gasteiger partial charge in [0.05, 0.1) is 7.11 Å². The Morgan fingerprint density at radius 2 is 1.56 bits per heavy atom. The Morgan fingerprint density at radius 1 is 0.969 bits per heavy atom. The summed E-state index contributed by atoms with van der Waals surface area (Å²) in [5, 5.41) is 12.4. The zero-order valence-electron chi connectivity index (χ0n) is 16.8. The SMILES string of the molecule is COc1ccc(NC(=O)/C(C#N)=C/c2ccc(OS(=O)(=O)c3ccc(Cl)cc3)cc2)cc1. The van der Waals surface area contributed by atoms with E-state index in [9.17, 15) is 18.5 Å². The number of carbonyl (C=O) groups is 1. The number of amides is 1. The Balaban J connectivity index is 1.71. The van der Waals surface area contributed by atoms with E-state index in [0.29, 0.717) is 22.0 Å². The molecule has 1 N–H and O–H groups in total. The Hall–Kier alpha value is -3.80. The number of ether oxygens (including phenoxy) is 1. The highest BCUT2D eigenvalue weighted by atomic mass is 35.5. The fraction of sp³-hybridized carbons (Fsp3) is 0.0435. The molecule has 0 fully saturated rings. The van der Waals surface area contributed by atoms with E-state index in [1.165, 1.54) is 61.7 Å². The van der Waals surface area contributed by atoms with Gasteiger partial charge in [0, 0.05) is 10.7 Å². The summed E-state index contributed by atoms with van der Waals surface area (Å²) in [6.07, 6.45) is 1.39. The maximum atomic E-state index is 12.4. The highest BCUT2D eigenvalue weighted by molar-refractivity contribution is 7.87. The molecule has 1 amide bonds. The topological polar surface area (TPSA) is 105 Å². The highest BCUT2D eigenvalue weighted by Gasteiger charge is 2.16. The molecule has 0 radical (unpaired) electrons. The molecule has 0 aliphatic heterocycles. The van der Waals surface area contributed by atoms with Gasteiger partial charge in [-0.2, -0.15) is 13.7 Å². The first kappa shape index (κ1) is 22.9. The van der Waals surface area contributed by atoms with Gasteiger partial charge in [-0.05, 0) is 72.3 Å². The van der Waals surface area contributed by atoms with Gasteiger partial charge in [-0.15, -0.1) is 0 Å². The summed E-state index contributed by atoms with van der Waals surface area (Å²) < 4.78 is 34.9. The molecule has 0 unspecified atom stereocenters. The van der Waals surface area contributed by atoms with E-state index in [2.05, 4.69) is 5.32 Å². The van der Waals surface area contributed by atoms with Gasteiger partial charge in [0.1, 0.15) is 28.0 Å². The van der Waals surface area contributed by atoms with Crippen LogP contribution in [-0.4, -0.2) is 21.4 Å². The van der Waals surface area contributed by atoms with Crippen LogP contribution in [0.4, 0.5) is 5.69 Å². The molecule has 162 valence electrons. The molecule has 0 saturated heterocycles. The van der Waals surface area contributed by atoms with E-state index in [-0.39, 0.29) is 16.2 Å². The van der Waals surface area contributed by atoms with Crippen molar-refractivity contribution in [2.45, 2.75) is 4.90 Å². The second-order valence-electron chi connectivity index (χ2n) is 6.41. The minimum absolute atomic E-state index is 0.0344. The Bertz CT molecular complexity index is 1280. The van der Waals surface area contributed by atoms with Crippen molar-refractivity contribution in [3.05, 3.63) is 89.0 Å². The molecule has 3 aromatic rings. The molecule has 3 aromatic carbocycles. The zero-order chi connectivity index (χ0) is 23.1. The Labute approximate surface area is 190 Å². The van der Waals surface area contributed by atoms with Crippen LogP contribution < -0.4 is 14.2 Å². The van der Waals surface area contributed by atoms with Crippen LogP contribution in [0.15, 0.2) is 83.3 Å². The third-order valence-electron chi connectivity index (χ3n) is 4.21. The summed E-state index contributed by atoms with van der Waals surface area (Å²) in [5.41, 5.74) is 0.902. The smallest absolute Gasteiger partial charge is 0.339 e. The third kappa shape index (κ3) is 5.88. The average molecular weight is 469 g/mol. The van der Waals surface area contributed by atoms with Gasteiger partial charge in [0.2, 0.25) is 0 Å². The number of carbonyl (C=O) groups excluding carboxylic acids is 1. The van der Waals surface area contributed by atoms with Gasteiger partial charge in [0.25, 0.3) is 5.91 Å². The predicted molar refractivity (Wildman–Crippen MR) is 121 cm³/mol. The van der Waals surface area contributed by atoms with Crippen molar-refractivity contribution in [1.82, 2.24) is 0 Å². The maximum absolute atomic E-state index is 12.4. The van der Waals surface area contributed by atoms with E-state index in [0.717, 1.165) is 0 Å². The van der Waals surface area contributed by atoms with Crippen molar-refractivity contribution < 1.29 is 22.1 Å². The number of nitrogens with zero attached hydrogens (tertiary/aromatic N) is 1. The second kappa shape index (κ2) is 10.0. The number of benzene rings is 3. The van der Waals surface area contributed by atoms with Crippen molar-refractivity contribution in [3.8, 4) is 17.6 Å². The number of anilines is 1. The van der Waals surface area contributed by atoms with Gasteiger partial charge < -0.3 is 14.2 Å². The standard InChI is InChI=1S/C23H17ClN2O5S/c1-30-20-10-6-19(7-11-20)26-23(27)17(15-25)14-16-2-8-21(9-3-16)31-32(28,29)22-12-4-18(24)5-13-22/h2-14H,1H3,(H,26,27)/b17-14+. The number of methoxy groups -OCH3 is 1. The van der Waals surface area contributed by atoms with Crippen LogP contribution in [0.3, 0.4) is 0 Å². The van der Waals surface area contributed by atoms with Crippen LogP contribution in [-0.2, 0) is 14.9 Å². The molecule has 0 saturated carbocycles. The van der Waals surface area contributed by atoms with Crippen molar-refractivity contribution >= 4 is 39.4 Å². The minimum Gasteiger partial charge on any atom is -0.497 e. The molecule has 7 nitrogen and oxygen atoms in total. The summed E-state index contributed by atoms with van der Waals surface area (Å²) in [6.45, 7) is 0. The molecule has 9 heteroatoms. The normalized spacial score (nSPS) is 11.3. The van der Waals surface area contributed by atoms with Crippen LogP contribution in [0.2, 0.25) is 5.02 Å². The molecule has 0 bridgehead atoms. The van der Waals surface area contributed by atoms with Crippen molar-refractivity contribution in [1.29, 1.82) is 5.26 Å². The summed E-state index contributed by atoms with van der Waals surface area (Å²) in [7, 11) is -2.49. The molecule has 0 heterocycles. The fourth-order valence-electron chi connectivity index (χ4n) is 2.58. The summed E-state index contributed by atoms with van der Waals surface area (Å²) in [4.78, 5) is 12.4. The number of nitrogens with one attached hydrogen (secondary N) is 1. The zero-order valence-corrected chi connectivity index (χ0v) is 18.4. The Kier molecular flexibility index (Phi) is 7.15. The van der Waals surface area contributed by atoms with Crippen LogP contribution in [0, 0.1) is 11.3 Å². The van der Waals surface area contributed by atoms with Gasteiger partial charge in [-0.25, -0.2) is 0 Å². The summed E-state index contributed by atoms with van der Waals surface area (Å²) in [6, 6.07) is 20.0. The molecule has 0 spiro atoms. The largest absolute Gasteiger partial charge is 0.497 e. The molecule has 0 atom stereocenters. The fourth-order valence-corrected chi connectivity index (χ4v) is 3.64. The second-order valence-corrected chi connectivity index (χ2v) is 8.40. The molecule has 32 heavy (non-hydrogen) atoms. The van der Waals surface area contributed by atoms with E-state index in [4.69, 9.17) is 20.5 Å². The maximum Gasteiger partial charge on any atom is 0.339 e. The number of hydrogen-bond acceptors (Lipinski definition) is 6. The van der Waals surface area contributed by atoms with Gasteiger partial charge in [-0.3, -0.25) is 4.79 Å². The highest BCUT2D eigenvalue weighted by Crippen LogP contribution is 2.22. The number of rotatable bonds is 7. The third-order valence-corrected chi connectivity index (χ3v) is 5.73. The molecule has 0 aliphatic rings. The molecular weight excluding hydrogens is 452 g/mol. The van der Waals surface area contributed by atoms with Gasteiger partial charge in [0.15, 0.2) is 0 Å². The quantitative estimate of drug-likeness (QED) is 0.307. The predicted octanol–water partition coefficient (Wildman–Crippen LogP) is 4.66. The van der Waals surface area contributed by atoms with E-state index in [1.807, 2.05) is 6.07 Å². The van der Waals surface area contributed by atoms with Crippen molar-refractivity contribution in [3.63, 3.8) is 0 Å². The minimum atomic E-state index is -4.02. The first-order valence-corrected chi connectivity index (χ1v) is 11.0. The van der Waals surface area contributed by atoms with Crippen LogP contribution in [0.25, 0.3) is 6.08 Å². The first-order valence-electron chi connectivity index (χ1n) is 9.18. The monoisotopic (exact) mass is 468 g/mol. The average Bonchev–Trinajstić information content (AvgIpc) is 2.79. The van der Waals surface area contributed by atoms with E-state index >= 15 is 0 Å². The molecular formula is C23H17ClN2O5S. The lowest BCUT2D eigenvalue weighted by molar-refractivity contribution is -0.112. The lowest BCUT2D eigenvalue weighted by atomic mass is 10.1. The van der Waals surface area contributed by atoms with Gasteiger partial charge >= 0.3 is 10.1 Å². The lowest BCUT2D eigenvalue weighted by Gasteiger charge is -2.08. The van der Waals surface area contributed by atoms with Gasteiger partial charge in [-0.1, -0.05) is 23.7 Å². The summed E-state index contributed by atoms with van der Waals surface area (Å²) >= 11 is 5.78. The summed E-state index contributed by atoms with van der Waals surface area (Å²) in [5.74, 6) is 0.140. The van der Waals surface area contributed by atoms with Crippen LogP contribution in [0.1, 0.15) is 5.56 Å². The lowest BCUT2D eigenvalue weighted by Crippen LogP contribution is -2.13. The number of halogens is 1. The number of hydrogen-bond donors (Lipinski definition) is 1. The first-order chi connectivity index (χ1) is 15.3. The molecule has 0 aromatic heterocycles. The van der Waals surface area contributed by atoms with Crippen molar-refractivity contribution in [2.24, 2.45) is 0 Å². The Morgan fingerprint density at radius 3 is 2.12 bits per heavy atom. The van der Waals surface area contributed by atoms with Crippen LogP contribution >= 0.6 is 11.6 Å². The van der Waals surface area contributed by atoms with E-state index in [1.54, 1.807) is 24.3 Å². The number of nitriles is 1. The van der Waals surface area contributed by atoms with Crippen molar-refractivity contribution in [2.75, 3.05) is 12.4 Å².